The summed E-state index contributed by atoms with van der Waals surface area (Å²) < 4.78 is 2.57. The van der Waals surface area contributed by atoms with Crippen molar-refractivity contribution in [3.05, 3.63) is 0 Å². The first-order valence-corrected chi connectivity index (χ1v) is 7.81. The molecule has 0 spiro atoms. The molecule has 0 aromatic carbocycles. The van der Waals surface area contributed by atoms with Gasteiger partial charge in [-0.15, -0.1) is 0 Å². The number of rotatable bonds is 8. The lowest BCUT2D eigenvalue weighted by Crippen LogP contribution is -2.50. The lowest BCUT2D eigenvalue weighted by Gasteiger charge is -2.28. The van der Waals surface area contributed by atoms with Crippen LogP contribution in [0, 0.1) is 0 Å². The molecule has 0 bridgehead atoms. The van der Waals surface area contributed by atoms with Crippen molar-refractivity contribution in [1.82, 2.24) is 9.80 Å². The van der Waals surface area contributed by atoms with Crippen LogP contribution >= 0.6 is 0 Å². The molecule has 0 heterocycles. The van der Waals surface area contributed by atoms with Gasteiger partial charge in [-0.2, -0.15) is 0 Å². The maximum absolute atomic E-state index is 2.57. The normalized spacial score (nSPS) is 10.3. The predicted octanol–water partition coefficient (Wildman–Crippen LogP) is 2.86. The summed E-state index contributed by atoms with van der Waals surface area (Å²) in [5.74, 6) is 1.44. The van der Waals surface area contributed by atoms with Gasteiger partial charge in [0.25, 0.3) is 0 Å². The molecular formula is C15H34N3+. The summed E-state index contributed by atoms with van der Waals surface area (Å²) in [6, 6.07) is 0. The fourth-order valence-electron chi connectivity index (χ4n) is 2.46. The number of guanidine groups is 1. The van der Waals surface area contributed by atoms with Crippen molar-refractivity contribution in [3.63, 3.8) is 0 Å². The van der Waals surface area contributed by atoms with Crippen LogP contribution in [-0.2, 0) is 0 Å². The summed E-state index contributed by atoms with van der Waals surface area (Å²) in [4.78, 5) is 5.00. The van der Waals surface area contributed by atoms with Crippen LogP contribution < -0.4 is 0 Å². The maximum atomic E-state index is 2.57. The smallest absolute Gasteiger partial charge is 0.265 e. The van der Waals surface area contributed by atoms with E-state index in [1.165, 1.54) is 18.8 Å². The van der Waals surface area contributed by atoms with E-state index >= 15 is 0 Å². The van der Waals surface area contributed by atoms with Gasteiger partial charge in [0.1, 0.15) is 0 Å². The second-order valence-electron chi connectivity index (χ2n) is 4.63. The molecule has 0 unspecified atom stereocenters. The molecule has 0 fully saturated rings. The highest BCUT2D eigenvalue weighted by Crippen LogP contribution is 2.02. The Morgan fingerprint density at radius 2 is 1.00 bits per heavy atom. The van der Waals surface area contributed by atoms with Crippen LogP contribution in [0.15, 0.2) is 0 Å². The molecular weight excluding hydrogens is 222 g/mol. The number of nitrogens with zero attached hydrogens (tertiary/aromatic N) is 3. The third kappa shape index (κ3) is 4.87. The third-order valence-corrected chi connectivity index (χ3v) is 3.36. The first-order chi connectivity index (χ1) is 8.69. The zero-order valence-electron chi connectivity index (χ0n) is 13.5. The minimum Gasteiger partial charge on any atom is -0.265 e. The van der Waals surface area contributed by atoms with E-state index in [0.29, 0.717) is 0 Å². The molecule has 0 saturated heterocycles. The van der Waals surface area contributed by atoms with Gasteiger partial charge < -0.3 is 0 Å². The van der Waals surface area contributed by atoms with Gasteiger partial charge in [-0.3, -0.25) is 14.4 Å². The summed E-state index contributed by atoms with van der Waals surface area (Å²) in [6.45, 7) is 20.2. The molecule has 3 heteroatoms. The zero-order valence-corrected chi connectivity index (χ0v) is 13.5. The van der Waals surface area contributed by atoms with E-state index in [1.807, 2.05) is 0 Å². The van der Waals surface area contributed by atoms with E-state index in [0.717, 1.165) is 39.3 Å². The highest BCUT2D eigenvalue weighted by molar-refractivity contribution is 5.75. The molecule has 3 nitrogen and oxygen atoms in total. The standard InChI is InChI=1S/C15H34N3/c1-7-13-18(14-8-2)15(16(9-3)10-4)17(11-5)12-6/h7-14H2,1-6H3/q+1. The van der Waals surface area contributed by atoms with Crippen molar-refractivity contribution in [3.8, 4) is 0 Å². The second kappa shape index (κ2) is 10.2. The van der Waals surface area contributed by atoms with Gasteiger partial charge >= 0.3 is 5.96 Å². The van der Waals surface area contributed by atoms with Crippen molar-refractivity contribution in [2.24, 2.45) is 0 Å². The Morgan fingerprint density at radius 3 is 1.22 bits per heavy atom. The summed E-state index contributed by atoms with van der Waals surface area (Å²) in [7, 11) is 0. The minimum atomic E-state index is 1.09. The molecule has 0 aliphatic heterocycles. The molecule has 0 aromatic rings. The number of hydrogen-bond donors (Lipinski definition) is 0. The molecule has 0 amide bonds. The van der Waals surface area contributed by atoms with Crippen LogP contribution in [0.1, 0.15) is 54.4 Å². The average Bonchev–Trinajstić information content (AvgIpc) is 2.39. The Balaban J connectivity index is 5.39. The summed E-state index contributed by atoms with van der Waals surface area (Å²) >= 11 is 0. The molecule has 18 heavy (non-hydrogen) atoms. The van der Waals surface area contributed by atoms with Crippen LogP contribution in [0.5, 0.6) is 0 Å². The van der Waals surface area contributed by atoms with Crippen LogP contribution in [-0.4, -0.2) is 59.6 Å². The second-order valence-corrected chi connectivity index (χ2v) is 4.63. The molecule has 0 aromatic heterocycles. The highest BCUT2D eigenvalue weighted by Gasteiger charge is 2.24. The van der Waals surface area contributed by atoms with Crippen molar-refractivity contribution in [2.75, 3.05) is 39.3 Å². The molecule has 0 aliphatic carbocycles. The van der Waals surface area contributed by atoms with Gasteiger partial charge in [0.05, 0.1) is 39.3 Å². The van der Waals surface area contributed by atoms with E-state index < -0.39 is 0 Å². The Hall–Kier alpha value is -0.730. The summed E-state index contributed by atoms with van der Waals surface area (Å²) in [6.07, 6.45) is 2.43. The van der Waals surface area contributed by atoms with Gasteiger partial charge in [-0.05, 0) is 40.5 Å². The fourth-order valence-corrected chi connectivity index (χ4v) is 2.46. The van der Waals surface area contributed by atoms with Crippen molar-refractivity contribution < 1.29 is 4.58 Å². The van der Waals surface area contributed by atoms with Crippen LogP contribution in [0.4, 0.5) is 0 Å². The lowest BCUT2D eigenvalue weighted by atomic mass is 10.3. The first-order valence-electron chi connectivity index (χ1n) is 7.81. The van der Waals surface area contributed by atoms with Gasteiger partial charge in [0.15, 0.2) is 0 Å². The zero-order chi connectivity index (χ0) is 14.0. The van der Waals surface area contributed by atoms with Crippen LogP contribution in [0.25, 0.3) is 0 Å². The van der Waals surface area contributed by atoms with Gasteiger partial charge in [-0.25, -0.2) is 0 Å². The largest absolute Gasteiger partial charge is 0.350 e. The molecule has 0 rings (SSSR count). The quantitative estimate of drug-likeness (QED) is 0.375. The predicted molar refractivity (Wildman–Crippen MR) is 81.4 cm³/mol. The molecule has 108 valence electrons. The van der Waals surface area contributed by atoms with Crippen molar-refractivity contribution in [2.45, 2.75) is 54.4 Å². The summed E-state index contributed by atoms with van der Waals surface area (Å²) in [5, 5.41) is 0. The van der Waals surface area contributed by atoms with Crippen molar-refractivity contribution in [1.29, 1.82) is 0 Å². The summed E-state index contributed by atoms with van der Waals surface area (Å²) in [5.41, 5.74) is 0. The monoisotopic (exact) mass is 256 g/mol. The average molecular weight is 256 g/mol. The van der Waals surface area contributed by atoms with E-state index in [9.17, 15) is 0 Å². The van der Waals surface area contributed by atoms with Crippen LogP contribution in [0.3, 0.4) is 0 Å². The molecule has 0 atom stereocenters. The van der Waals surface area contributed by atoms with E-state index in [4.69, 9.17) is 0 Å². The van der Waals surface area contributed by atoms with Crippen LogP contribution in [0.2, 0.25) is 0 Å². The molecule has 0 radical (unpaired) electrons. The van der Waals surface area contributed by atoms with Gasteiger partial charge in [-0.1, -0.05) is 13.8 Å². The SMILES string of the molecule is CCC[N+](CCC)=C(N(CC)CC)N(CC)CC. The Labute approximate surface area is 114 Å². The van der Waals surface area contributed by atoms with Crippen molar-refractivity contribution >= 4 is 5.96 Å². The Kier molecular flexibility index (Phi) is 9.80. The molecule has 0 N–H and O–H groups in total. The topological polar surface area (TPSA) is 9.49 Å². The molecule has 0 aliphatic rings. The van der Waals surface area contributed by atoms with Gasteiger partial charge in [0.2, 0.25) is 0 Å². The minimum absolute atomic E-state index is 1.09. The number of hydrogen-bond acceptors (Lipinski definition) is 0. The third-order valence-electron chi connectivity index (χ3n) is 3.36. The fraction of sp³-hybridized carbons (Fsp3) is 0.933. The highest BCUT2D eigenvalue weighted by atomic mass is 15.4. The lowest BCUT2D eigenvalue weighted by molar-refractivity contribution is -0.538. The Bertz CT molecular complexity index is 206. The van der Waals surface area contributed by atoms with Gasteiger partial charge in [0, 0.05) is 0 Å². The Morgan fingerprint density at radius 1 is 0.667 bits per heavy atom. The first kappa shape index (κ1) is 17.3. The maximum Gasteiger partial charge on any atom is 0.350 e. The molecule has 0 saturated carbocycles. The van der Waals surface area contributed by atoms with E-state index in [-0.39, 0.29) is 0 Å². The van der Waals surface area contributed by atoms with E-state index in [1.54, 1.807) is 0 Å². The van der Waals surface area contributed by atoms with E-state index in [2.05, 4.69) is 55.9 Å².